The van der Waals surface area contributed by atoms with Crippen LogP contribution in [0.25, 0.3) is 10.8 Å². The maximum Gasteiger partial charge on any atom is 0.319 e. The van der Waals surface area contributed by atoms with Gasteiger partial charge >= 0.3 is 6.03 Å². The van der Waals surface area contributed by atoms with Crippen molar-refractivity contribution in [3.05, 3.63) is 66.5 Å². The standard InChI is InChI=1S/C20H20N4O4S/c1-13(2)22-20(26)23-16-7-3-5-14(11-16)19(25)24-29(27,28)18-8-4-6-15-12-21-10-9-17(15)18/h3-13H,1-2H3,(H,24,25)(H2,22,23,26). The van der Waals surface area contributed by atoms with E-state index >= 15 is 0 Å². The van der Waals surface area contributed by atoms with Crippen LogP contribution in [0.5, 0.6) is 0 Å². The molecule has 0 saturated heterocycles. The second-order valence-electron chi connectivity index (χ2n) is 6.62. The molecule has 0 atom stereocenters. The van der Waals surface area contributed by atoms with E-state index in [0.717, 1.165) is 0 Å². The van der Waals surface area contributed by atoms with Gasteiger partial charge in [-0.15, -0.1) is 0 Å². The van der Waals surface area contributed by atoms with Crippen molar-refractivity contribution in [2.75, 3.05) is 5.32 Å². The van der Waals surface area contributed by atoms with Gasteiger partial charge in [0, 0.05) is 40.5 Å². The summed E-state index contributed by atoms with van der Waals surface area (Å²) in [5, 5.41) is 6.37. The maximum atomic E-state index is 12.8. The highest BCUT2D eigenvalue weighted by Gasteiger charge is 2.21. The van der Waals surface area contributed by atoms with Crippen LogP contribution in [0.4, 0.5) is 10.5 Å². The van der Waals surface area contributed by atoms with E-state index in [0.29, 0.717) is 16.5 Å². The molecule has 9 heteroatoms. The number of amides is 3. The van der Waals surface area contributed by atoms with Crippen molar-refractivity contribution in [2.24, 2.45) is 0 Å². The highest BCUT2D eigenvalue weighted by molar-refractivity contribution is 7.90. The third-order valence-corrected chi connectivity index (χ3v) is 5.35. The van der Waals surface area contributed by atoms with Gasteiger partial charge in [-0.2, -0.15) is 0 Å². The molecule has 0 spiro atoms. The molecule has 1 heterocycles. The zero-order chi connectivity index (χ0) is 21.0. The van der Waals surface area contributed by atoms with Gasteiger partial charge in [-0.1, -0.05) is 18.2 Å². The summed E-state index contributed by atoms with van der Waals surface area (Å²) in [7, 11) is -4.11. The van der Waals surface area contributed by atoms with Gasteiger partial charge in [-0.25, -0.2) is 17.9 Å². The molecule has 0 unspecified atom stereocenters. The molecule has 3 N–H and O–H groups in total. The van der Waals surface area contributed by atoms with Crippen molar-refractivity contribution in [3.8, 4) is 0 Å². The monoisotopic (exact) mass is 412 g/mol. The summed E-state index contributed by atoms with van der Waals surface area (Å²) < 4.78 is 27.6. The summed E-state index contributed by atoms with van der Waals surface area (Å²) in [5.41, 5.74) is 0.460. The van der Waals surface area contributed by atoms with Crippen LogP contribution in [0.2, 0.25) is 0 Å². The van der Waals surface area contributed by atoms with Gasteiger partial charge in [0.25, 0.3) is 15.9 Å². The molecule has 3 amide bonds. The van der Waals surface area contributed by atoms with Gasteiger partial charge in [-0.05, 0) is 44.2 Å². The van der Waals surface area contributed by atoms with Gasteiger partial charge in [0.05, 0.1) is 4.90 Å². The van der Waals surface area contributed by atoms with Crippen LogP contribution in [0.15, 0.2) is 65.8 Å². The minimum atomic E-state index is -4.11. The van der Waals surface area contributed by atoms with E-state index in [1.807, 2.05) is 13.8 Å². The third-order valence-electron chi connectivity index (χ3n) is 3.96. The molecular weight excluding hydrogens is 392 g/mol. The largest absolute Gasteiger partial charge is 0.336 e. The minimum Gasteiger partial charge on any atom is -0.336 e. The number of anilines is 1. The fourth-order valence-electron chi connectivity index (χ4n) is 2.73. The Labute approximate surface area is 168 Å². The Bertz CT molecular complexity index is 1170. The summed E-state index contributed by atoms with van der Waals surface area (Å²) in [4.78, 5) is 28.3. The zero-order valence-corrected chi connectivity index (χ0v) is 16.7. The second kappa shape index (κ2) is 8.27. The quantitative estimate of drug-likeness (QED) is 0.596. The van der Waals surface area contributed by atoms with E-state index in [1.54, 1.807) is 36.5 Å². The number of aromatic nitrogens is 1. The Morgan fingerprint density at radius 1 is 1.03 bits per heavy atom. The minimum absolute atomic E-state index is 0.0173. The first-order chi connectivity index (χ1) is 13.8. The van der Waals surface area contributed by atoms with Crippen molar-refractivity contribution >= 4 is 38.4 Å². The van der Waals surface area contributed by atoms with E-state index in [9.17, 15) is 18.0 Å². The zero-order valence-electron chi connectivity index (χ0n) is 15.8. The van der Waals surface area contributed by atoms with Gasteiger partial charge in [-0.3, -0.25) is 9.78 Å². The van der Waals surface area contributed by atoms with E-state index in [4.69, 9.17) is 0 Å². The molecule has 8 nitrogen and oxygen atoms in total. The molecule has 0 radical (unpaired) electrons. The van der Waals surface area contributed by atoms with Crippen molar-refractivity contribution < 1.29 is 18.0 Å². The molecule has 3 aromatic rings. The molecule has 2 aromatic carbocycles. The number of rotatable bonds is 5. The fraction of sp³-hybridized carbons (Fsp3) is 0.150. The van der Waals surface area contributed by atoms with Crippen LogP contribution in [-0.2, 0) is 10.0 Å². The van der Waals surface area contributed by atoms with E-state index < -0.39 is 22.0 Å². The maximum absolute atomic E-state index is 12.8. The highest BCUT2D eigenvalue weighted by Crippen LogP contribution is 2.22. The first kappa shape index (κ1) is 20.3. The number of nitrogens with one attached hydrogen (secondary N) is 3. The lowest BCUT2D eigenvalue weighted by molar-refractivity contribution is 0.0981. The first-order valence-electron chi connectivity index (χ1n) is 8.84. The van der Waals surface area contributed by atoms with Crippen LogP contribution in [0, 0.1) is 0 Å². The topological polar surface area (TPSA) is 117 Å². The van der Waals surface area contributed by atoms with Crippen LogP contribution in [0.3, 0.4) is 0 Å². The number of hydrogen-bond acceptors (Lipinski definition) is 5. The highest BCUT2D eigenvalue weighted by atomic mass is 32.2. The molecule has 0 fully saturated rings. The number of carbonyl (C=O) groups is 2. The molecule has 0 aliphatic rings. The molecule has 150 valence electrons. The molecule has 0 saturated carbocycles. The van der Waals surface area contributed by atoms with Crippen LogP contribution in [-0.4, -0.2) is 31.4 Å². The molecule has 0 aliphatic heterocycles. The number of nitrogens with zero attached hydrogens (tertiary/aromatic N) is 1. The SMILES string of the molecule is CC(C)NC(=O)Nc1cccc(C(=O)NS(=O)(=O)c2cccc3cnccc23)c1. The first-order valence-corrected chi connectivity index (χ1v) is 10.3. The average molecular weight is 412 g/mol. The van der Waals surface area contributed by atoms with Gasteiger partial charge in [0.2, 0.25) is 0 Å². The van der Waals surface area contributed by atoms with Gasteiger partial charge < -0.3 is 10.6 Å². The average Bonchev–Trinajstić information content (AvgIpc) is 2.66. The van der Waals surface area contributed by atoms with E-state index in [-0.39, 0.29) is 16.5 Å². The van der Waals surface area contributed by atoms with E-state index in [2.05, 4.69) is 20.3 Å². The predicted molar refractivity (Wildman–Crippen MR) is 110 cm³/mol. The Morgan fingerprint density at radius 3 is 2.55 bits per heavy atom. The molecule has 3 rings (SSSR count). The summed E-state index contributed by atoms with van der Waals surface area (Å²) in [6, 6.07) is 11.9. The number of carbonyl (C=O) groups excluding carboxylic acids is 2. The number of hydrogen-bond donors (Lipinski definition) is 3. The smallest absolute Gasteiger partial charge is 0.319 e. The Kier molecular flexibility index (Phi) is 5.79. The van der Waals surface area contributed by atoms with Gasteiger partial charge in [0.1, 0.15) is 0 Å². The second-order valence-corrected chi connectivity index (χ2v) is 8.27. The van der Waals surface area contributed by atoms with Crippen LogP contribution < -0.4 is 15.4 Å². The van der Waals surface area contributed by atoms with Crippen molar-refractivity contribution in [1.82, 2.24) is 15.0 Å². The Morgan fingerprint density at radius 2 is 1.79 bits per heavy atom. The molecule has 1 aromatic heterocycles. The number of fused-ring (bicyclic) bond motifs is 1. The summed E-state index contributed by atoms with van der Waals surface area (Å²) >= 11 is 0. The van der Waals surface area contributed by atoms with Crippen molar-refractivity contribution in [1.29, 1.82) is 0 Å². The van der Waals surface area contributed by atoms with Crippen molar-refractivity contribution in [3.63, 3.8) is 0 Å². The fourth-order valence-corrected chi connectivity index (χ4v) is 3.94. The Hall–Kier alpha value is -3.46. The molecular formula is C20H20N4O4S. The lowest BCUT2D eigenvalue weighted by Crippen LogP contribution is -2.34. The number of benzene rings is 2. The molecule has 0 bridgehead atoms. The van der Waals surface area contributed by atoms with Crippen LogP contribution in [0.1, 0.15) is 24.2 Å². The lowest BCUT2D eigenvalue weighted by Gasteiger charge is -2.12. The number of pyridine rings is 1. The summed E-state index contributed by atoms with van der Waals surface area (Å²) in [6.07, 6.45) is 3.04. The van der Waals surface area contributed by atoms with Crippen LogP contribution >= 0.6 is 0 Å². The molecule has 0 aliphatic carbocycles. The third kappa shape index (κ3) is 4.88. The van der Waals surface area contributed by atoms with Gasteiger partial charge in [0.15, 0.2) is 0 Å². The normalized spacial score (nSPS) is 11.3. The summed E-state index contributed by atoms with van der Waals surface area (Å²) in [6.45, 7) is 3.63. The lowest BCUT2D eigenvalue weighted by atomic mass is 10.2. The van der Waals surface area contributed by atoms with E-state index in [1.165, 1.54) is 24.4 Å². The predicted octanol–water partition coefficient (Wildman–Crippen LogP) is 2.88. The number of sulfonamides is 1. The summed E-state index contributed by atoms with van der Waals surface area (Å²) in [5.74, 6) is -0.802. The van der Waals surface area contributed by atoms with Crippen molar-refractivity contribution in [2.45, 2.75) is 24.8 Å². The molecule has 29 heavy (non-hydrogen) atoms. The Balaban J connectivity index is 1.82. The number of urea groups is 1.